The first kappa shape index (κ1) is 13.8. The fraction of sp³-hybridized carbons (Fsp3) is 0.700. The van der Waals surface area contributed by atoms with Gasteiger partial charge in [-0.05, 0) is 18.7 Å². The van der Waals surface area contributed by atoms with E-state index in [1.807, 2.05) is 6.26 Å². The summed E-state index contributed by atoms with van der Waals surface area (Å²) in [6.45, 7) is 2.35. The number of rotatable bonds is 5. The predicted octanol–water partition coefficient (Wildman–Crippen LogP) is -1.44. The topological polar surface area (TPSA) is 66.0 Å². The highest BCUT2D eigenvalue weighted by Crippen LogP contribution is 1.83. The van der Waals surface area contributed by atoms with Crippen molar-refractivity contribution in [1.29, 1.82) is 0 Å². The molecule has 0 atom stereocenters. The summed E-state index contributed by atoms with van der Waals surface area (Å²) >= 11 is 1.23. The van der Waals surface area contributed by atoms with E-state index in [2.05, 4.69) is 0 Å². The minimum absolute atomic E-state index is 0.276. The summed E-state index contributed by atoms with van der Waals surface area (Å²) < 4.78 is 3.19. The summed E-state index contributed by atoms with van der Waals surface area (Å²) in [7, 11) is 1.39. The van der Waals surface area contributed by atoms with Crippen molar-refractivity contribution >= 4 is 11.8 Å². The SMILES string of the molecule is CCn1c(=O)n(C)c(=O)n(CCC[SH+]C)c1=O. The Balaban J connectivity index is 3.31. The molecule has 0 aliphatic carbocycles. The molecule has 17 heavy (non-hydrogen) atoms. The highest BCUT2D eigenvalue weighted by Gasteiger charge is 2.11. The van der Waals surface area contributed by atoms with Gasteiger partial charge in [-0.1, -0.05) is 0 Å². The predicted molar refractivity (Wildman–Crippen MR) is 70.0 cm³/mol. The molecule has 0 fully saturated rings. The minimum atomic E-state index is -0.549. The second-order valence-electron chi connectivity index (χ2n) is 3.70. The maximum Gasteiger partial charge on any atom is 0.336 e. The lowest BCUT2D eigenvalue weighted by atomic mass is 10.5. The average molecular weight is 260 g/mol. The summed E-state index contributed by atoms with van der Waals surface area (Å²) in [5.41, 5.74) is -1.58. The number of hydrogen-bond donors (Lipinski definition) is 0. The Kier molecular flexibility index (Phi) is 4.80. The Morgan fingerprint density at radius 1 is 1.06 bits per heavy atom. The van der Waals surface area contributed by atoms with Crippen molar-refractivity contribution in [1.82, 2.24) is 13.7 Å². The third-order valence-electron chi connectivity index (χ3n) is 2.58. The lowest BCUT2D eigenvalue weighted by Crippen LogP contribution is -2.53. The molecule has 0 aliphatic rings. The third-order valence-corrected chi connectivity index (χ3v) is 3.34. The van der Waals surface area contributed by atoms with E-state index < -0.39 is 17.1 Å². The summed E-state index contributed by atoms with van der Waals surface area (Å²) in [6, 6.07) is 0. The summed E-state index contributed by atoms with van der Waals surface area (Å²) in [6.07, 6.45) is 2.78. The van der Waals surface area contributed by atoms with E-state index in [4.69, 9.17) is 0 Å². The van der Waals surface area contributed by atoms with Crippen molar-refractivity contribution in [2.24, 2.45) is 7.05 Å². The Morgan fingerprint density at radius 2 is 1.65 bits per heavy atom. The molecule has 7 heteroatoms. The zero-order valence-corrected chi connectivity index (χ0v) is 11.2. The Labute approximate surface area is 103 Å². The van der Waals surface area contributed by atoms with E-state index in [0.717, 1.165) is 25.9 Å². The van der Waals surface area contributed by atoms with Gasteiger partial charge in [-0.15, -0.1) is 0 Å². The van der Waals surface area contributed by atoms with E-state index >= 15 is 0 Å². The second-order valence-corrected chi connectivity index (χ2v) is 4.78. The molecule has 0 saturated carbocycles. The molecule has 0 saturated heterocycles. The maximum atomic E-state index is 11.9. The van der Waals surface area contributed by atoms with E-state index in [1.54, 1.807) is 6.92 Å². The lowest BCUT2D eigenvalue weighted by Gasteiger charge is -2.09. The van der Waals surface area contributed by atoms with Crippen molar-refractivity contribution in [3.63, 3.8) is 0 Å². The van der Waals surface area contributed by atoms with Crippen LogP contribution >= 0.6 is 0 Å². The average Bonchev–Trinajstić information content (AvgIpc) is 2.32. The highest BCUT2D eigenvalue weighted by molar-refractivity contribution is 7.77. The molecule has 0 spiro atoms. The molecule has 1 heterocycles. The van der Waals surface area contributed by atoms with Crippen LogP contribution in [0.5, 0.6) is 0 Å². The van der Waals surface area contributed by atoms with Crippen LogP contribution < -0.4 is 17.1 Å². The van der Waals surface area contributed by atoms with Gasteiger partial charge in [-0.3, -0.25) is 0 Å². The number of thiol groups is 1. The van der Waals surface area contributed by atoms with Gasteiger partial charge < -0.3 is 0 Å². The van der Waals surface area contributed by atoms with Crippen molar-refractivity contribution < 1.29 is 0 Å². The van der Waals surface area contributed by atoms with Crippen LogP contribution in [0.25, 0.3) is 0 Å². The summed E-state index contributed by atoms with van der Waals surface area (Å²) in [5.74, 6) is 0.931. The van der Waals surface area contributed by atoms with E-state index in [0.29, 0.717) is 6.54 Å². The zero-order valence-electron chi connectivity index (χ0n) is 10.3. The summed E-state index contributed by atoms with van der Waals surface area (Å²) in [4.78, 5) is 35.3. The minimum Gasteiger partial charge on any atom is -0.248 e. The molecular formula is C10H18N3O3S+. The van der Waals surface area contributed by atoms with Gasteiger partial charge in [-0.2, -0.15) is 0 Å². The normalized spacial score (nSPS) is 10.8. The van der Waals surface area contributed by atoms with Crippen molar-refractivity contribution in [3.8, 4) is 0 Å². The third kappa shape index (κ3) is 2.71. The highest BCUT2D eigenvalue weighted by atomic mass is 32.2. The first-order valence-corrected chi connectivity index (χ1v) is 7.03. The van der Waals surface area contributed by atoms with Gasteiger partial charge >= 0.3 is 17.1 Å². The molecule has 0 amide bonds. The molecule has 0 unspecified atom stereocenters. The van der Waals surface area contributed by atoms with E-state index in [1.165, 1.54) is 18.8 Å². The van der Waals surface area contributed by atoms with E-state index in [-0.39, 0.29) is 6.54 Å². The molecule has 1 rings (SSSR count). The van der Waals surface area contributed by atoms with Crippen molar-refractivity contribution in [3.05, 3.63) is 31.5 Å². The van der Waals surface area contributed by atoms with Crippen LogP contribution in [0.4, 0.5) is 0 Å². The van der Waals surface area contributed by atoms with Crippen LogP contribution in [0.3, 0.4) is 0 Å². The number of hydrogen-bond acceptors (Lipinski definition) is 3. The van der Waals surface area contributed by atoms with Crippen LogP contribution in [-0.4, -0.2) is 25.7 Å². The Morgan fingerprint density at radius 3 is 2.18 bits per heavy atom. The molecule has 0 bridgehead atoms. The van der Waals surface area contributed by atoms with Crippen LogP contribution in [0, 0.1) is 0 Å². The summed E-state index contributed by atoms with van der Waals surface area (Å²) in [5, 5.41) is 0. The molecular weight excluding hydrogens is 242 g/mol. The van der Waals surface area contributed by atoms with Crippen LogP contribution in [0.1, 0.15) is 13.3 Å². The molecule has 0 aliphatic heterocycles. The molecule has 1 aromatic rings. The first-order valence-electron chi connectivity index (χ1n) is 5.50. The van der Waals surface area contributed by atoms with Gasteiger partial charge in [0.05, 0.1) is 6.26 Å². The van der Waals surface area contributed by atoms with E-state index in [9.17, 15) is 14.4 Å². The van der Waals surface area contributed by atoms with Gasteiger partial charge in [0, 0.05) is 26.6 Å². The molecule has 0 radical (unpaired) electrons. The maximum absolute atomic E-state index is 11.9. The van der Waals surface area contributed by atoms with Gasteiger partial charge in [-0.25, -0.2) is 28.1 Å². The van der Waals surface area contributed by atoms with Gasteiger partial charge in [0.2, 0.25) is 0 Å². The van der Waals surface area contributed by atoms with Crippen LogP contribution in [0.15, 0.2) is 14.4 Å². The lowest BCUT2D eigenvalue weighted by molar-refractivity contribution is 0.478. The standard InChI is InChI=1S/C10H17N3O3S/c1-4-12-8(14)11(2)9(15)13(10(12)16)6-5-7-17-3/h4-7H2,1-3H3/p+1. The van der Waals surface area contributed by atoms with Gasteiger partial charge in [0.1, 0.15) is 5.75 Å². The van der Waals surface area contributed by atoms with Gasteiger partial charge in [0.15, 0.2) is 0 Å². The Bertz CT molecular complexity index is 555. The molecule has 0 N–H and O–H groups in total. The van der Waals surface area contributed by atoms with Crippen molar-refractivity contribution in [2.75, 3.05) is 12.0 Å². The molecule has 96 valence electrons. The van der Waals surface area contributed by atoms with Crippen LogP contribution in [0.2, 0.25) is 0 Å². The fourth-order valence-corrected chi connectivity index (χ4v) is 2.06. The number of aromatic nitrogens is 3. The molecule has 1 aromatic heterocycles. The quantitative estimate of drug-likeness (QED) is 0.370. The smallest absolute Gasteiger partial charge is 0.248 e. The first-order chi connectivity index (χ1) is 8.04. The largest absolute Gasteiger partial charge is 0.336 e. The molecule has 0 aromatic carbocycles. The monoisotopic (exact) mass is 260 g/mol. The fourth-order valence-electron chi connectivity index (χ4n) is 1.60. The van der Waals surface area contributed by atoms with Crippen LogP contribution in [-0.2, 0) is 31.9 Å². The molecule has 6 nitrogen and oxygen atoms in total. The zero-order chi connectivity index (χ0) is 13.0. The van der Waals surface area contributed by atoms with Crippen molar-refractivity contribution in [2.45, 2.75) is 26.4 Å². The number of nitrogens with zero attached hydrogens (tertiary/aromatic N) is 3. The Hall–Kier alpha value is -1.24. The van der Waals surface area contributed by atoms with Gasteiger partial charge in [0.25, 0.3) is 0 Å². The second kappa shape index (κ2) is 5.90.